The van der Waals surface area contributed by atoms with Crippen LogP contribution < -0.4 is 15.0 Å². The first-order chi connectivity index (χ1) is 16.5. The van der Waals surface area contributed by atoms with Gasteiger partial charge in [-0.25, -0.2) is 0 Å². The van der Waals surface area contributed by atoms with Gasteiger partial charge in [0, 0.05) is 22.5 Å². The molecule has 2 aromatic carbocycles. The van der Waals surface area contributed by atoms with Crippen LogP contribution in [0.25, 0.3) is 11.3 Å². The van der Waals surface area contributed by atoms with Crippen LogP contribution in [0.5, 0.6) is 5.75 Å². The summed E-state index contributed by atoms with van der Waals surface area (Å²) in [5.74, 6) is 1.90. The van der Waals surface area contributed by atoms with Crippen LogP contribution in [0.15, 0.2) is 77.3 Å². The van der Waals surface area contributed by atoms with Gasteiger partial charge < -0.3 is 19.4 Å². The molecule has 2 aromatic heterocycles. The van der Waals surface area contributed by atoms with Gasteiger partial charge in [-0.05, 0) is 72.9 Å². The zero-order chi connectivity index (χ0) is 23.8. The second-order valence-electron chi connectivity index (χ2n) is 7.64. The number of nitrogens with zero attached hydrogens (tertiary/aromatic N) is 2. The predicted molar refractivity (Wildman–Crippen MR) is 140 cm³/mol. The fourth-order valence-electron chi connectivity index (χ4n) is 4.07. The Kier molecular flexibility index (Phi) is 6.40. The normalized spacial score (nSPS) is 17.6. The number of thiocarbonyl (C=S) groups is 1. The Balaban J connectivity index is 1.61. The van der Waals surface area contributed by atoms with Gasteiger partial charge in [-0.15, -0.1) is 0 Å². The molecular formula is C25H18Cl3N3O2S. The second kappa shape index (κ2) is 9.47. The van der Waals surface area contributed by atoms with Crippen molar-refractivity contribution in [1.29, 1.82) is 0 Å². The number of rotatable bonds is 5. The maximum atomic E-state index is 6.44. The molecule has 3 heterocycles. The molecule has 34 heavy (non-hydrogen) atoms. The number of nitrogens with one attached hydrogen (secondary N) is 1. The number of hydrogen-bond acceptors (Lipinski definition) is 4. The van der Waals surface area contributed by atoms with Crippen molar-refractivity contribution in [2.24, 2.45) is 0 Å². The lowest BCUT2D eigenvalue weighted by molar-refractivity contribution is 0.415. The number of benzene rings is 2. The van der Waals surface area contributed by atoms with E-state index in [0.29, 0.717) is 37.5 Å². The average Bonchev–Trinajstić information content (AvgIpc) is 3.44. The van der Waals surface area contributed by atoms with Crippen LogP contribution >= 0.6 is 47.0 Å². The highest BCUT2D eigenvalue weighted by Crippen LogP contribution is 2.44. The topological polar surface area (TPSA) is 50.5 Å². The zero-order valence-electron chi connectivity index (χ0n) is 17.8. The molecule has 9 heteroatoms. The van der Waals surface area contributed by atoms with E-state index in [-0.39, 0.29) is 12.1 Å². The van der Waals surface area contributed by atoms with Crippen LogP contribution in [-0.4, -0.2) is 17.2 Å². The Hall–Kier alpha value is -2.77. The summed E-state index contributed by atoms with van der Waals surface area (Å²) in [6.45, 7) is 0. The molecule has 5 nitrogen and oxygen atoms in total. The number of pyridine rings is 1. The first-order valence-corrected chi connectivity index (χ1v) is 11.9. The van der Waals surface area contributed by atoms with Gasteiger partial charge in [-0.1, -0.05) is 40.9 Å². The molecule has 4 aromatic rings. The van der Waals surface area contributed by atoms with Gasteiger partial charge in [0.05, 0.1) is 28.9 Å². The minimum atomic E-state index is -0.327. The minimum Gasteiger partial charge on any atom is -0.495 e. The molecule has 0 bridgehead atoms. The van der Waals surface area contributed by atoms with Crippen molar-refractivity contribution in [3.8, 4) is 17.1 Å². The minimum absolute atomic E-state index is 0.255. The Bertz CT molecular complexity index is 1360. The first-order valence-electron chi connectivity index (χ1n) is 10.4. The summed E-state index contributed by atoms with van der Waals surface area (Å²) in [5.41, 5.74) is 2.38. The van der Waals surface area contributed by atoms with Crippen molar-refractivity contribution in [2.75, 3.05) is 12.0 Å². The number of ether oxygens (including phenoxy) is 1. The Morgan fingerprint density at radius 2 is 1.85 bits per heavy atom. The maximum Gasteiger partial charge on any atom is 0.174 e. The van der Waals surface area contributed by atoms with E-state index >= 15 is 0 Å². The summed E-state index contributed by atoms with van der Waals surface area (Å²) >= 11 is 24.7. The SMILES string of the molecule is COc1ccc(N2C(=S)N[C@@H](c3ccccn3)[C@@H]2c2ccc(-c3ccc(Cl)cc3Cl)o2)cc1Cl. The van der Waals surface area contributed by atoms with E-state index in [9.17, 15) is 0 Å². The van der Waals surface area contributed by atoms with Gasteiger partial charge in [-0.2, -0.15) is 0 Å². The van der Waals surface area contributed by atoms with E-state index in [1.165, 1.54) is 0 Å². The van der Waals surface area contributed by atoms with Crippen molar-refractivity contribution in [2.45, 2.75) is 12.1 Å². The number of hydrogen-bond donors (Lipinski definition) is 1. The van der Waals surface area contributed by atoms with E-state index in [1.807, 2.05) is 59.5 Å². The lowest BCUT2D eigenvalue weighted by atomic mass is 10.0. The van der Waals surface area contributed by atoms with Gasteiger partial charge in [0.2, 0.25) is 0 Å². The molecule has 2 atom stereocenters. The van der Waals surface area contributed by atoms with E-state index in [0.717, 1.165) is 16.9 Å². The second-order valence-corrected chi connectivity index (χ2v) is 9.28. The van der Waals surface area contributed by atoms with Gasteiger partial charge in [0.15, 0.2) is 5.11 Å². The number of furan rings is 1. The summed E-state index contributed by atoms with van der Waals surface area (Å²) in [6, 6.07) is 19.9. The van der Waals surface area contributed by atoms with E-state index in [2.05, 4.69) is 10.3 Å². The van der Waals surface area contributed by atoms with Crippen LogP contribution in [0, 0.1) is 0 Å². The van der Waals surface area contributed by atoms with Crippen LogP contribution in [0.2, 0.25) is 15.1 Å². The number of aromatic nitrogens is 1. The molecule has 1 saturated heterocycles. The molecule has 1 aliphatic heterocycles. The van der Waals surface area contributed by atoms with Gasteiger partial charge in [0.1, 0.15) is 23.3 Å². The van der Waals surface area contributed by atoms with E-state index in [1.54, 1.807) is 25.4 Å². The third-order valence-corrected chi connectivity index (χ3v) is 6.78. The smallest absolute Gasteiger partial charge is 0.174 e. The molecule has 0 amide bonds. The molecule has 172 valence electrons. The standard InChI is InChI=1S/C25H18Cl3N3O2S/c1-32-21-8-6-15(13-18(21)28)31-24(23(30-25(31)34)19-4-2-3-11-29-19)22-10-9-20(33-22)16-7-5-14(26)12-17(16)27/h2-13,23-24H,1H3,(H,30,34)/t23-,24-/m0/s1. The number of methoxy groups -OCH3 is 1. The number of anilines is 1. The first kappa shape index (κ1) is 23.0. The van der Waals surface area contributed by atoms with Crippen molar-refractivity contribution in [1.82, 2.24) is 10.3 Å². The predicted octanol–water partition coefficient (Wildman–Crippen LogP) is 7.49. The van der Waals surface area contributed by atoms with Gasteiger partial charge in [0.25, 0.3) is 0 Å². The molecule has 0 saturated carbocycles. The molecule has 5 rings (SSSR count). The summed E-state index contributed by atoms with van der Waals surface area (Å²) in [7, 11) is 1.58. The Morgan fingerprint density at radius 3 is 2.56 bits per heavy atom. The molecule has 0 unspecified atom stereocenters. The summed E-state index contributed by atoms with van der Waals surface area (Å²) in [5, 5.41) is 5.48. The molecule has 1 fully saturated rings. The average molecular weight is 531 g/mol. The molecular weight excluding hydrogens is 513 g/mol. The van der Waals surface area contributed by atoms with Crippen LogP contribution in [0.3, 0.4) is 0 Å². The van der Waals surface area contributed by atoms with E-state index in [4.69, 9.17) is 56.2 Å². The largest absolute Gasteiger partial charge is 0.495 e. The monoisotopic (exact) mass is 529 g/mol. The fourth-order valence-corrected chi connectivity index (χ4v) is 5.17. The summed E-state index contributed by atoms with van der Waals surface area (Å²) in [6.07, 6.45) is 1.76. The lowest BCUT2D eigenvalue weighted by Crippen LogP contribution is -2.29. The quantitative estimate of drug-likeness (QED) is 0.270. The van der Waals surface area contributed by atoms with Crippen molar-refractivity contribution < 1.29 is 9.15 Å². The van der Waals surface area contributed by atoms with Crippen LogP contribution in [-0.2, 0) is 0 Å². The third-order valence-electron chi connectivity index (χ3n) is 5.63. The molecule has 1 aliphatic rings. The molecule has 0 aliphatic carbocycles. The lowest BCUT2D eigenvalue weighted by Gasteiger charge is -2.26. The molecule has 1 N–H and O–H groups in total. The third kappa shape index (κ3) is 4.23. The Labute approximate surface area is 217 Å². The van der Waals surface area contributed by atoms with Crippen LogP contribution in [0.4, 0.5) is 5.69 Å². The molecule has 0 spiro atoms. The zero-order valence-corrected chi connectivity index (χ0v) is 20.9. The maximum absolute atomic E-state index is 6.44. The van der Waals surface area contributed by atoms with Crippen LogP contribution in [0.1, 0.15) is 23.5 Å². The number of halogens is 3. The van der Waals surface area contributed by atoms with Gasteiger partial charge in [-0.3, -0.25) is 4.98 Å². The van der Waals surface area contributed by atoms with Crippen molar-refractivity contribution in [3.05, 3.63) is 99.4 Å². The Morgan fingerprint density at radius 1 is 1.00 bits per heavy atom. The highest BCUT2D eigenvalue weighted by Gasteiger charge is 2.42. The fraction of sp³-hybridized carbons (Fsp3) is 0.120. The highest BCUT2D eigenvalue weighted by atomic mass is 35.5. The van der Waals surface area contributed by atoms with Gasteiger partial charge >= 0.3 is 0 Å². The summed E-state index contributed by atoms with van der Waals surface area (Å²) in [4.78, 5) is 6.54. The summed E-state index contributed by atoms with van der Waals surface area (Å²) < 4.78 is 11.7. The van der Waals surface area contributed by atoms with Crippen molar-refractivity contribution in [3.63, 3.8) is 0 Å². The van der Waals surface area contributed by atoms with Crippen molar-refractivity contribution >= 4 is 57.8 Å². The highest BCUT2D eigenvalue weighted by molar-refractivity contribution is 7.80. The molecule has 0 radical (unpaired) electrons. The van der Waals surface area contributed by atoms with E-state index < -0.39 is 0 Å².